The van der Waals surface area contributed by atoms with Crippen LogP contribution in [0.5, 0.6) is 0 Å². The van der Waals surface area contributed by atoms with Gasteiger partial charge in [-0.15, -0.1) is 0 Å². The van der Waals surface area contributed by atoms with E-state index in [1.54, 1.807) is 6.20 Å². The molecule has 1 amide bonds. The zero-order chi connectivity index (χ0) is 13.9. The molecule has 20 heavy (non-hydrogen) atoms. The van der Waals surface area contributed by atoms with E-state index in [2.05, 4.69) is 15.0 Å². The third-order valence-electron chi connectivity index (χ3n) is 4.14. The number of amides is 1. The molecule has 1 spiro atoms. The van der Waals surface area contributed by atoms with E-state index in [0.29, 0.717) is 29.8 Å². The van der Waals surface area contributed by atoms with Crippen LogP contribution in [-0.2, 0) is 4.79 Å². The molecule has 7 heteroatoms. The van der Waals surface area contributed by atoms with Gasteiger partial charge in [0.2, 0.25) is 0 Å². The average Bonchev–Trinajstić information content (AvgIpc) is 2.74. The number of rotatable bonds is 2. The Balaban J connectivity index is 1.63. The maximum Gasteiger partial charge on any atom is 0.254 e. The lowest BCUT2D eigenvalue weighted by Crippen LogP contribution is -2.63. The second kappa shape index (κ2) is 3.56. The van der Waals surface area contributed by atoms with Gasteiger partial charge < -0.3 is 10.6 Å². The van der Waals surface area contributed by atoms with Gasteiger partial charge in [-0.05, 0) is 6.07 Å². The predicted molar refractivity (Wildman–Crippen MR) is 70.4 cm³/mol. The molecule has 3 heterocycles. The van der Waals surface area contributed by atoms with E-state index in [-0.39, 0.29) is 5.41 Å². The average molecular weight is 271 g/mol. The molecule has 0 atom stereocenters. The summed E-state index contributed by atoms with van der Waals surface area (Å²) in [6.45, 7) is 1.70. The lowest BCUT2D eigenvalue weighted by molar-refractivity contribution is -0.134. The van der Waals surface area contributed by atoms with Crippen LogP contribution in [0.3, 0.4) is 0 Å². The highest BCUT2D eigenvalue weighted by atomic mass is 16.1. The largest absolute Gasteiger partial charge is 0.365 e. The van der Waals surface area contributed by atoms with Gasteiger partial charge in [-0.25, -0.2) is 9.50 Å². The quantitative estimate of drug-likeness (QED) is 0.829. The Hall–Kier alpha value is -2.44. The molecule has 1 aliphatic carbocycles. The number of primary amides is 1. The smallest absolute Gasteiger partial charge is 0.254 e. The SMILES string of the molecule is NC(=O)c1cnn2ccc(N3CC4(CC(=O)C4)C3)nc12. The summed E-state index contributed by atoms with van der Waals surface area (Å²) in [6, 6.07) is 1.86. The van der Waals surface area contributed by atoms with Crippen molar-refractivity contribution in [1.29, 1.82) is 0 Å². The van der Waals surface area contributed by atoms with Crippen LogP contribution in [0.2, 0.25) is 0 Å². The summed E-state index contributed by atoms with van der Waals surface area (Å²) in [7, 11) is 0. The Morgan fingerprint density at radius 1 is 1.35 bits per heavy atom. The van der Waals surface area contributed by atoms with E-state index in [1.807, 2.05) is 6.07 Å². The minimum absolute atomic E-state index is 0.178. The standard InChI is InChI=1S/C13H13N5O2/c14-11(20)9-5-15-18-2-1-10(16-12(9)18)17-6-13(7-17)3-8(19)4-13/h1-2,5H,3-4,6-7H2,(H2,14,20). The van der Waals surface area contributed by atoms with Crippen molar-refractivity contribution in [2.24, 2.45) is 11.1 Å². The maximum absolute atomic E-state index is 11.3. The molecule has 7 nitrogen and oxygen atoms in total. The Bertz CT molecular complexity index is 734. The number of carbonyl (C=O) groups excluding carboxylic acids is 2. The summed E-state index contributed by atoms with van der Waals surface area (Å²) in [4.78, 5) is 29.0. The van der Waals surface area contributed by atoms with Crippen LogP contribution in [0.1, 0.15) is 23.2 Å². The first-order valence-electron chi connectivity index (χ1n) is 6.47. The first-order chi connectivity index (χ1) is 9.56. The van der Waals surface area contributed by atoms with Crippen molar-refractivity contribution in [2.75, 3.05) is 18.0 Å². The van der Waals surface area contributed by atoms with Gasteiger partial charge >= 0.3 is 0 Å². The van der Waals surface area contributed by atoms with Crippen molar-refractivity contribution >= 4 is 23.2 Å². The maximum atomic E-state index is 11.3. The lowest BCUT2D eigenvalue weighted by atomic mass is 9.63. The molecule has 2 aromatic rings. The summed E-state index contributed by atoms with van der Waals surface area (Å²) in [5.41, 5.74) is 6.27. The fraction of sp³-hybridized carbons (Fsp3) is 0.385. The minimum atomic E-state index is -0.533. The molecular weight excluding hydrogens is 258 g/mol. The number of Topliss-reactive ketones (excluding diaryl/α,β-unsaturated/α-hetero) is 1. The number of fused-ring (bicyclic) bond motifs is 1. The molecule has 1 saturated heterocycles. The van der Waals surface area contributed by atoms with E-state index >= 15 is 0 Å². The van der Waals surface area contributed by atoms with E-state index < -0.39 is 5.91 Å². The van der Waals surface area contributed by atoms with Gasteiger partial charge in [0.15, 0.2) is 5.65 Å². The molecular formula is C13H13N5O2. The molecule has 0 unspecified atom stereocenters. The third-order valence-corrected chi connectivity index (χ3v) is 4.14. The van der Waals surface area contributed by atoms with Crippen molar-refractivity contribution in [2.45, 2.75) is 12.8 Å². The molecule has 4 rings (SSSR count). The van der Waals surface area contributed by atoms with Gasteiger partial charge in [-0.2, -0.15) is 5.10 Å². The van der Waals surface area contributed by atoms with Crippen molar-refractivity contribution in [3.8, 4) is 0 Å². The summed E-state index contributed by atoms with van der Waals surface area (Å²) in [6.07, 6.45) is 4.56. The minimum Gasteiger partial charge on any atom is -0.365 e. The van der Waals surface area contributed by atoms with Crippen molar-refractivity contribution in [1.82, 2.24) is 14.6 Å². The molecule has 0 aromatic carbocycles. The van der Waals surface area contributed by atoms with Crippen LogP contribution in [0.25, 0.3) is 5.65 Å². The van der Waals surface area contributed by atoms with Crippen LogP contribution in [0, 0.1) is 5.41 Å². The van der Waals surface area contributed by atoms with E-state index in [9.17, 15) is 9.59 Å². The second-order valence-electron chi connectivity index (χ2n) is 5.72. The van der Waals surface area contributed by atoms with Crippen LogP contribution in [-0.4, -0.2) is 39.4 Å². The van der Waals surface area contributed by atoms with Gasteiger partial charge in [0, 0.05) is 37.5 Å². The van der Waals surface area contributed by atoms with Crippen LogP contribution < -0.4 is 10.6 Å². The first kappa shape index (κ1) is 11.4. The second-order valence-corrected chi connectivity index (χ2v) is 5.72. The van der Waals surface area contributed by atoms with E-state index in [1.165, 1.54) is 10.7 Å². The number of nitrogens with two attached hydrogens (primary N) is 1. The van der Waals surface area contributed by atoms with Gasteiger partial charge in [-0.3, -0.25) is 9.59 Å². The number of hydrogen-bond donors (Lipinski definition) is 1. The fourth-order valence-corrected chi connectivity index (χ4v) is 3.14. The lowest BCUT2D eigenvalue weighted by Gasteiger charge is -2.55. The number of anilines is 1. The van der Waals surface area contributed by atoms with Crippen molar-refractivity contribution in [3.05, 3.63) is 24.0 Å². The van der Waals surface area contributed by atoms with Crippen LogP contribution in [0.4, 0.5) is 5.82 Å². The summed E-state index contributed by atoms with van der Waals surface area (Å²) in [5.74, 6) is 0.611. The number of ketones is 1. The number of nitrogens with zero attached hydrogens (tertiary/aromatic N) is 4. The summed E-state index contributed by atoms with van der Waals surface area (Å²) < 4.78 is 1.53. The topological polar surface area (TPSA) is 93.6 Å². The van der Waals surface area contributed by atoms with Gasteiger partial charge in [-0.1, -0.05) is 0 Å². The predicted octanol–water partition coefficient (Wildman–Crippen LogP) is -0.00250. The number of aromatic nitrogens is 3. The first-order valence-corrected chi connectivity index (χ1v) is 6.47. The zero-order valence-corrected chi connectivity index (χ0v) is 10.7. The normalized spacial score (nSPS) is 20.0. The third kappa shape index (κ3) is 1.46. The van der Waals surface area contributed by atoms with E-state index in [4.69, 9.17) is 5.73 Å². The van der Waals surface area contributed by atoms with Gasteiger partial charge in [0.25, 0.3) is 5.91 Å². The Labute approximate surface area is 114 Å². The van der Waals surface area contributed by atoms with Crippen molar-refractivity contribution < 1.29 is 9.59 Å². The summed E-state index contributed by atoms with van der Waals surface area (Å²) >= 11 is 0. The Morgan fingerprint density at radius 3 is 2.75 bits per heavy atom. The highest BCUT2D eigenvalue weighted by molar-refractivity contribution is 5.98. The van der Waals surface area contributed by atoms with Crippen LogP contribution >= 0.6 is 0 Å². The molecule has 2 aromatic heterocycles. The molecule has 1 aliphatic heterocycles. The molecule has 1 saturated carbocycles. The fourth-order valence-electron chi connectivity index (χ4n) is 3.14. The van der Waals surface area contributed by atoms with Gasteiger partial charge in [0.05, 0.1) is 6.20 Å². The highest BCUT2D eigenvalue weighted by Crippen LogP contribution is 2.47. The highest BCUT2D eigenvalue weighted by Gasteiger charge is 2.52. The van der Waals surface area contributed by atoms with Crippen molar-refractivity contribution in [3.63, 3.8) is 0 Å². The Kier molecular flexibility index (Phi) is 2.03. The summed E-state index contributed by atoms with van der Waals surface area (Å²) in [5, 5.41) is 4.04. The molecule has 2 N–H and O–H groups in total. The van der Waals surface area contributed by atoms with E-state index in [0.717, 1.165) is 18.9 Å². The zero-order valence-electron chi connectivity index (χ0n) is 10.7. The number of hydrogen-bond acceptors (Lipinski definition) is 5. The molecule has 0 radical (unpaired) electrons. The molecule has 102 valence electrons. The Morgan fingerprint density at radius 2 is 2.10 bits per heavy atom. The number of carbonyl (C=O) groups is 2. The molecule has 0 bridgehead atoms. The van der Waals surface area contributed by atoms with Crippen LogP contribution in [0.15, 0.2) is 18.5 Å². The molecule has 2 aliphatic rings. The monoisotopic (exact) mass is 271 g/mol. The molecule has 2 fully saturated rings. The van der Waals surface area contributed by atoms with Gasteiger partial charge in [0.1, 0.15) is 17.2 Å².